The van der Waals surface area contributed by atoms with Crippen LogP contribution >= 0.6 is 11.3 Å². The van der Waals surface area contributed by atoms with Gasteiger partial charge in [-0.2, -0.15) is 0 Å². The molecule has 3 heterocycles. The SMILES string of the molecule is Cc1ccccc1N1[C@@H](C)c2sc3ncccc3c2C12CCCCC2. The Balaban J connectivity index is 1.79. The smallest absolute Gasteiger partial charge is 0.123 e. The van der Waals surface area contributed by atoms with Gasteiger partial charge in [0.05, 0.1) is 11.6 Å². The number of hydrogen-bond donors (Lipinski definition) is 0. The summed E-state index contributed by atoms with van der Waals surface area (Å²) in [4.78, 5) is 10.2. The molecule has 1 saturated carbocycles. The van der Waals surface area contributed by atoms with E-state index in [1.807, 2.05) is 17.5 Å². The van der Waals surface area contributed by atoms with Crippen LogP contribution in [0.25, 0.3) is 10.2 Å². The van der Waals surface area contributed by atoms with E-state index in [2.05, 4.69) is 60.1 Å². The summed E-state index contributed by atoms with van der Waals surface area (Å²) in [6, 6.07) is 13.7. The predicted molar refractivity (Wildman–Crippen MR) is 106 cm³/mol. The molecule has 2 aliphatic rings. The lowest BCUT2D eigenvalue weighted by Gasteiger charge is -2.46. The zero-order valence-electron chi connectivity index (χ0n) is 15.0. The van der Waals surface area contributed by atoms with Gasteiger partial charge in [0.1, 0.15) is 4.83 Å². The van der Waals surface area contributed by atoms with E-state index in [1.165, 1.54) is 53.6 Å². The van der Waals surface area contributed by atoms with E-state index < -0.39 is 0 Å². The van der Waals surface area contributed by atoms with Gasteiger partial charge < -0.3 is 4.90 Å². The lowest BCUT2D eigenvalue weighted by atomic mass is 9.76. The molecule has 25 heavy (non-hydrogen) atoms. The molecule has 128 valence electrons. The molecule has 1 spiro atoms. The molecule has 3 heteroatoms. The Morgan fingerprint density at radius 2 is 1.88 bits per heavy atom. The third-order valence-corrected chi connectivity index (χ3v) is 7.53. The molecule has 2 aromatic heterocycles. The zero-order chi connectivity index (χ0) is 17.0. The maximum atomic E-state index is 4.67. The normalized spacial score (nSPS) is 21.8. The summed E-state index contributed by atoms with van der Waals surface area (Å²) in [5.74, 6) is 0. The van der Waals surface area contributed by atoms with Crippen molar-refractivity contribution in [2.45, 2.75) is 57.5 Å². The Morgan fingerprint density at radius 1 is 1.08 bits per heavy atom. The molecule has 1 aromatic carbocycles. The highest BCUT2D eigenvalue weighted by Gasteiger charge is 2.51. The van der Waals surface area contributed by atoms with Crippen LogP contribution in [0.1, 0.15) is 61.1 Å². The average molecular weight is 349 g/mol. The second-order valence-electron chi connectivity index (χ2n) is 7.62. The topological polar surface area (TPSA) is 16.1 Å². The van der Waals surface area contributed by atoms with Gasteiger partial charge in [-0.25, -0.2) is 4.98 Å². The second-order valence-corrected chi connectivity index (χ2v) is 8.65. The van der Waals surface area contributed by atoms with Crippen molar-refractivity contribution in [3.05, 3.63) is 58.6 Å². The molecule has 1 aliphatic heterocycles. The van der Waals surface area contributed by atoms with Crippen molar-refractivity contribution in [1.82, 2.24) is 4.98 Å². The van der Waals surface area contributed by atoms with Crippen molar-refractivity contribution in [2.24, 2.45) is 0 Å². The molecule has 0 unspecified atom stereocenters. The highest BCUT2D eigenvalue weighted by molar-refractivity contribution is 7.19. The second kappa shape index (κ2) is 5.57. The van der Waals surface area contributed by atoms with Crippen molar-refractivity contribution >= 4 is 27.2 Å². The Labute approximate surface area is 153 Å². The van der Waals surface area contributed by atoms with Crippen LogP contribution in [0.15, 0.2) is 42.6 Å². The summed E-state index contributed by atoms with van der Waals surface area (Å²) in [5, 5.41) is 1.40. The molecule has 1 aliphatic carbocycles. The van der Waals surface area contributed by atoms with Gasteiger partial charge in [-0.3, -0.25) is 0 Å². The van der Waals surface area contributed by atoms with Crippen LogP contribution in [0.3, 0.4) is 0 Å². The third-order valence-electron chi connectivity index (χ3n) is 6.24. The van der Waals surface area contributed by atoms with Gasteiger partial charge in [-0.1, -0.05) is 43.5 Å². The molecular weight excluding hydrogens is 324 g/mol. The largest absolute Gasteiger partial charge is 0.354 e. The molecule has 1 atom stereocenters. The number of pyridine rings is 1. The molecule has 0 N–H and O–H groups in total. The Bertz CT molecular complexity index is 936. The lowest BCUT2D eigenvalue weighted by molar-refractivity contribution is 0.285. The highest BCUT2D eigenvalue weighted by Crippen LogP contribution is 2.59. The first-order chi connectivity index (χ1) is 12.2. The quantitative estimate of drug-likeness (QED) is 0.510. The first-order valence-electron chi connectivity index (χ1n) is 9.45. The van der Waals surface area contributed by atoms with Gasteiger partial charge in [-0.15, -0.1) is 11.3 Å². The van der Waals surface area contributed by atoms with Crippen LogP contribution in [0, 0.1) is 6.92 Å². The van der Waals surface area contributed by atoms with Crippen molar-refractivity contribution in [3.8, 4) is 0 Å². The number of nitrogens with zero attached hydrogens (tertiary/aromatic N) is 2. The molecule has 1 fully saturated rings. The van der Waals surface area contributed by atoms with Crippen molar-refractivity contribution in [1.29, 1.82) is 0 Å². The summed E-state index contributed by atoms with van der Waals surface area (Å²) >= 11 is 1.91. The van der Waals surface area contributed by atoms with Gasteiger partial charge in [-0.05, 0) is 44.4 Å². The highest BCUT2D eigenvalue weighted by atomic mass is 32.1. The van der Waals surface area contributed by atoms with Crippen LogP contribution in [-0.2, 0) is 5.54 Å². The standard InChI is InChI=1S/C22H24N2S/c1-15-9-4-5-11-18(15)24-16(2)20-19(22(24)12-6-3-7-13-22)17-10-8-14-23-21(17)25-20/h4-5,8-11,14,16H,3,6-7,12-13H2,1-2H3/t16-/m0/s1. The van der Waals surface area contributed by atoms with Crippen LogP contribution in [-0.4, -0.2) is 4.98 Å². The minimum atomic E-state index is 0.153. The Morgan fingerprint density at radius 3 is 2.68 bits per heavy atom. The summed E-state index contributed by atoms with van der Waals surface area (Å²) in [5.41, 5.74) is 4.55. The van der Waals surface area contributed by atoms with E-state index in [9.17, 15) is 0 Å². The molecular formula is C22H24N2S. The van der Waals surface area contributed by atoms with E-state index in [1.54, 1.807) is 10.4 Å². The Hall–Kier alpha value is -1.87. The number of aromatic nitrogens is 1. The fourth-order valence-corrected chi connectivity index (χ4v) is 6.51. The molecule has 0 radical (unpaired) electrons. The van der Waals surface area contributed by atoms with Gasteiger partial charge in [0.2, 0.25) is 0 Å². The molecule has 0 saturated heterocycles. The van der Waals surface area contributed by atoms with E-state index in [4.69, 9.17) is 0 Å². The Kier molecular flexibility index (Phi) is 3.43. The van der Waals surface area contributed by atoms with Crippen LogP contribution in [0.4, 0.5) is 5.69 Å². The number of hydrogen-bond acceptors (Lipinski definition) is 3. The number of anilines is 1. The number of fused-ring (bicyclic) bond motifs is 4. The number of thiophene rings is 1. The fraction of sp³-hybridized carbons (Fsp3) is 0.409. The van der Waals surface area contributed by atoms with Gasteiger partial charge in [0.25, 0.3) is 0 Å². The van der Waals surface area contributed by atoms with Crippen LogP contribution < -0.4 is 4.90 Å². The summed E-state index contributed by atoms with van der Waals surface area (Å²) in [6.07, 6.45) is 8.48. The van der Waals surface area contributed by atoms with E-state index in [0.29, 0.717) is 6.04 Å². The molecule has 0 bridgehead atoms. The average Bonchev–Trinajstić information content (AvgIpc) is 3.13. The number of para-hydroxylation sites is 1. The first-order valence-corrected chi connectivity index (χ1v) is 10.3. The van der Waals surface area contributed by atoms with Crippen molar-refractivity contribution < 1.29 is 0 Å². The van der Waals surface area contributed by atoms with Gasteiger partial charge in [0, 0.05) is 27.7 Å². The summed E-state index contributed by atoms with van der Waals surface area (Å²) in [6.45, 7) is 4.65. The molecule has 2 nitrogen and oxygen atoms in total. The maximum absolute atomic E-state index is 4.67. The first kappa shape index (κ1) is 15.4. The molecule has 0 amide bonds. The van der Waals surface area contributed by atoms with E-state index in [0.717, 1.165) is 0 Å². The monoisotopic (exact) mass is 348 g/mol. The van der Waals surface area contributed by atoms with Crippen molar-refractivity contribution in [2.75, 3.05) is 4.90 Å². The maximum Gasteiger partial charge on any atom is 0.123 e. The number of aryl methyl sites for hydroxylation is 1. The van der Waals surface area contributed by atoms with E-state index in [-0.39, 0.29) is 5.54 Å². The number of rotatable bonds is 1. The van der Waals surface area contributed by atoms with Gasteiger partial charge >= 0.3 is 0 Å². The van der Waals surface area contributed by atoms with Crippen molar-refractivity contribution in [3.63, 3.8) is 0 Å². The fourth-order valence-electron chi connectivity index (χ4n) is 5.23. The summed E-state index contributed by atoms with van der Waals surface area (Å²) in [7, 11) is 0. The minimum Gasteiger partial charge on any atom is -0.354 e. The minimum absolute atomic E-state index is 0.153. The third kappa shape index (κ3) is 2.05. The lowest BCUT2D eigenvalue weighted by Crippen LogP contribution is -2.44. The number of benzene rings is 1. The van der Waals surface area contributed by atoms with Crippen LogP contribution in [0.5, 0.6) is 0 Å². The summed E-state index contributed by atoms with van der Waals surface area (Å²) < 4.78 is 0. The molecule has 3 aromatic rings. The predicted octanol–water partition coefficient (Wildman–Crippen LogP) is 6.35. The molecule has 5 rings (SSSR count). The van der Waals surface area contributed by atoms with Crippen LogP contribution in [0.2, 0.25) is 0 Å². The zero-order valence-corrected chi connectivity index (χ0v) is 15.8. The van der Waals surface area contributed by atoms with E-state index >= 15 is 0 Å². The van der Waals surface area contributed by atoms with Gasteiger partial charge in [0.15, 0.2) is 0 Å².